The monoisotopic (exact) mass is 487 g/mol. The standard InChI is InChI=1S/C23H22ClN3O3S2/c24-18-11-7-10-17(15-18)21(29)26-25-20(28)12-5-2-6-13-27-22(30)19(32-23(27)31)14-16-8-3-1-4-9-16/h1,3-4,7-11,14-15H,2,5-6,12-13H2,(H,25,28)(H,26,29)/b19-14-. The van der Waals surface area contributed by atoms with Gasteiger partial charge in [0.05, 0.1) is 4.91 Å². The molecule has 0 spiro atoms. The first-order valence-electron chi connectivity index (χ1n) is 10.1. The van der Waals surface area contributed by atoms with Gasteiger partial charge in [-0.1, -0.05) is 78.4 Å². The van der Waals surface area contributed by atoms with Crippen molar-refractivity contribution in [2.24, 2.45) is 0 Å². The van der Waals surface area contributed by atoms with Gasteiger partial charge in [0.1, 0.15) is 4.32 Å². The highest BCUT2D eigenvalue weighted by Gasteiger charge is 2.31. The largest absolute Gasteiger partial charge is 0.293 e. The number of hydrogen-bond acceptors (Lipinski definition) is 5. The van der Waals surface area contributed by atoms with Crippen LogP contribution in [0.4, 0.5) is 0 Å². The van der Waals surface area contributed by atoms with Crippen molar-refractivity contribution in [1.29, 1.82) is 0 Å². The van der Waals surface area contributed by atoms with Crippen molar-refractivity contribution in [2.45, 2.75) is 25.7 Å². The lowest BCUT2D eigenvalue weighted by molar-refractivity contribution is -0.123. The first-order chi connectivity index (χ1) is 15.4. The van der Waals surface area contributed by atoms with Crippen LogP contribution in [0.1, 0.15) is 41.6 Å². The van der Waals surface area contributed by atoms with Crippen molar-refractivity contribution in [3.63, 3.8) is 0 Å². The van der Waals surface area contributed by atoms with E-state index in [4.69, 9.17) is 23.8 Å². The van der Waals surface area contributed by atoms with Crippen LogP contribution in [0.3, 0.4) is 0 Å². The van der Waals surface area contributed by atoms with E-state index in [0.717, 1.165) is 18.4 Å². The average Bonchev–Trinajstić information content (AvgIpc) is 3.05. The summed E-state index contributed by atoms with van der Waals surface area (Å²) in [6, 6.07) is 16.1. The van der Waals surface area contributed by atoms with Gasteiger partial charge in [-0.3, -0.25) is 30.1 Å². The summed E-state index contributed by atoms with van der Waals surface area (Å²) < 4.78 is 0.554. The molecule has 2 aromatic rings. The molecule has 166 valence electrons. The first kappa shape index (κ1) is 24.0. The van der Waals surface area contributed by atoms with Crippen LogP contribution in [0.5, 0.6) is 0 Å². The number of thioether (sulfide) groups is 1. The lowest BCUT2D eigenvalue weighted by Crippen LogP contribution is -2.41. The summed E-state index contributed by atoms with van der Waals surface area (Å²) in [5.74, 6) is -0.791. The predicted molar refractivity (Wildman–Crippen MR) is 132 cm³/mol. The Morgan fingerprint density at radius 2 is 1.81 bits per heavy atom. The second-order valence-electron chi connectivity index (χ2n) is 7.07. The summed E-state index contributed by atoms with van der Waals surface area (Å²) >= 11 is 12.5. The molecule has 0 unspecified atom stereocenters. The van der Waals surface area contributed by atoms with Crippen LogP contribution in [0.2, 0.25) is 5.02 Å². The molecule has 0 aromatic heterocycles. The first-order valence-corrected chi connectivity index (χ1v) is 11.7. The molecule has 6 nitrogen and oxygen atoms in total. The molecule has 3 amide bonds. The summed E-state index contributed by atoms with van der Waals surface area (Å²) in [7, 11) is 0. The third-order valence-electron chi connectivity index (χ3n) is 4.66. The molecule has 2 N–H and O–H groups in total. The number of carbonyl (C=O) groups is 3. The van der Waals surface area contributed by atoms with E-state index >= 15 is 0 Å². The number of halogens is 1. The van der Waals surface area contributed by atoms with Gasteiger partial charge in [-0.2, -0.15) is 0 Å². The number of hydrazine groups is 1. The molecule has 2 aromatic carbocycles. The Balaban J connectivity index is 1.35. The predicted octanol–water partition coefficient (Wildman–Crippen LogP) is 4.56. The van der Waals surface area contributed by atoms with Crippen molar-refractivity contribution in [2.75, 3.05) is 6.54 Å². The van der Waals surface area contributed by atoms with Crippen LogP contribution in [0.15, 0.2) is 59.5 Å². The molecule has 3 rings (SSSR count). The lowest BCUT2D eigenvalue weighted by Gasteiger charge is -2.14. The quantitative estimate of drug-likeness (QED) is 0.247. The molecule has 0 saturated carbocycles. The number of hydrogen-bond donors (Lipinski definition) is 2. The smallest absolute Gasteiger partial charge is 0.269 e. The van der Waals surface area contributed by atoms with Gasteiger partial charge >= 0.3 is 0 Å². The van der Waals surface area contributed by atoms with E-state index in [1.165, 1.54) is 17.8 Å². The van der Waals surface area contributed by atoms with Crippen LogP contribution >= 0.6 is 35.6 Å². The molecular formula is C23H22ClN3O3S2. The van der Waals surface area contributed by atoms with Crippen LogP contribution in [0, 0.1) is 0 Å². The molecule has 1 fully saturated rings. The number of benzene rings is 2. The molecule has 1 saturated heterocycles. The Morgan fingerprint density at radius 1 is 1.03 bits per heavy atom. The second-order valence-corrected chi connectivity index (χ2v) is 9.18. The number of thiocarbonyl (C=S) groups is 1. The van der Waals surface area contributed by atoms with Crippen molar-refractivity contribution in [1.82, 2.24) is 15.8 Å². The maximum atomic E-state index is 12.6. The zero-order valence-electron chi connectivity index (χ0n) is 17.2. The molecule has 1 aliphatic heterocycles. The van der Waals surface area contributed by atoms with Gasteiger partial charge in [0.25, 0.3) is 11.8 Å². The number of nitrogens with zero attached hydrogens (tertiary/aromatic N) is 1. The maximum absolute atomic E-state index is 12.6. The van der Waals surface area contributed by atoms with Gasteiger partial charge in [0.2, 0.25) is 5.91 Å². The van der Waals surface area contributed by atoms with Crippen molar-refractivity contribution < 1.29 is 14.4 Å². The van der Waals surface area contributed by atoms with Gasteiger partial charge in [-0.25, -0.2) is 0 Å². The molecule has 0 aliphatic carbocycles. The van der Waals surface area contributed by atoms with Gasteiger partial charge in [0.15, 0.2) is 0 Å². The third-order valence-corrected chi connectivity index (χ3v) is 6.27. The molecule has 0 bridgehead atoms. The van der Waals surface area contributed by atoms with E-state index in [0.29, 0.717) is 32.8 Å². The fourth-order valence-electron chi connectivity index (χ4n) is 3.02. The van der Waals surface area contributed by atoms with Crippen molar-refractivity contribution >= 4 is 63.7 Å². The Morgan fingerprint density at radius 3 is 2.56 bits per heavy atom. The zero-order valence-corrected chi connectivity index (χ0v) is 19.6. The van der Waals surface area contributed by atoms with Crippen LogP contribution in [-0.4, -0.2) is 33.5 Å². The summed E-state index contributed by atoms with van der Waals surface area (Å²) in [5.41, 5.74) is 6.09. The molecule has 0 radical (unpaired) electrons. The average molecular weight is 488 g/mol. The number of carbonyl (C=O) groups excluding carboxylic acids is 3. The summed E-state index contributed by atoms with van der Waals surface area (Å²) in [6.07, 6.45) is 4.23. The zero-order chi connectivity index (χ0) is 22.9. The lowest BCUT2D eigenvalue weighted by atomic mass is 10.2. The topological polar surface area (TPSA) is 78.5 Å². The highest BCUT2D eigenvalue weighted by atomic mass is 35.5. The third kappa shape index (κ3) is 6.91. The Bertz CT molecular complexity index is 1040. The fourth-order valence-corrected chi connectivity index (χ4v) is 4.52. The van der Waals surface area contributed by atoms with Crippen LogP contribution < -0.4 is 10.9 Å². The molecular weight excluding hydrogens is 466 g/mol. The Kier molecular flexibility index (Phi) is 8.84. The summed E-state index contributed by atoms with van der Waals surface area (Å²) in [6.45, 7) is 0.518. The minimum atomic E-state index is -0.432. The highest BCUT2D eigenvalue weighted by Crippen LogP contribution is 2.32. The van der Waals surface area contributed by atoms with Gasteiger partial charge in [-0.15, -0.1) is 0 Å². The van der Waals surface area contributed by atoms with E-state index in [9.17, 15) is 14.4 Å². The van der Waals surface area contributed by atoms with E-state index in [2.05, 4.69) is 10.9 Å². The van der Waals surface area contributed by atoms with E-state index in [-0.39, 0.29) is 18.2 Å². The molecule has 32 heavy (non-hydrogen) atoms. The van der Waals surface area contributed by atoms with Crippen molar-refractivity contribution in [3.05, 3.63) is 75.7 Å². The minimum Gasteiger partial charge on any atom is -0.293 e. The number of amides is 3. The second kappa shape index (κ2) is 11.8. The van der Waals surface area contributed by atoms with Crippen LogP contribution in [0.25, 0.3) is 6.08 Å². The SMILES string of the molecule is O=C(CCCCCN1C(=O)/C(=C/c2ccccc2)SC1=S)NNC(=O)c1cccc(Cl)c1. The van der Waals surface area contributed by atoms with Gasteiger partial charge in [-0.05, 0) is 42.7 Å². The minimum absolute atomic E-state index is 0.0784. The van der Waals surface area contributed by atoms with Crippen molar-refractivity contribution in [3.8, 4) is 0 Å². The number of rotatable bonds is 8. The number of unbranched alkanes of at least 4 members (excludes halogenated alkanes) is 2. The Hall–Kier alpha value is -2.68. The molecule has 1 heterocycles. The van der Waals surface area contributed by atoms with E-state index < -0.39 is 5.91 Å². The molecule has 0 atom stereocenters. The normalized spacial score (nSPS) is 14.7. The van der Waals surface area contributed by atoms with Gasteiger partial charge in [0, 0.05) is 23.6 Å². The van der Waals surface area contributed by atoms with Gasteiger partial charge < -0.3 is 0 Å². The summed E-state index contributed by atoms with van der Waals surface area (Å²) in [4.78, 5) is 38.8. The highest BCUT2D eigenvalue weighted by molar-refractivity contribution is 8.26. The number of nitrogens with one attached hydrogen (secondary N) is 2. The fraction of sp³-hybridized carbons (Fsp3) is 0.217. The molecule has 9 heteroatoms. The van der Waals surface area contributed by atoms with E-state index in [1.54, 1.807) is 23.1 Å². The molecule has 1 aliphatic rings. The Labute approximate surface area is 201 Å². The maximum Gasteiger partial charge on any atom is 0.269 e. The summed E-state index contributed by atoms with van der Waals surface area (Å²) in [5, 5.41) is 0.445. The van der Waals surface area contributed by atoms with E-state index in [1.807, 2.05) is 36.4 Å². The van der Waals surface area contributed by atoms with Crippen LogP contribution in [-0.2, 0) is 9.59 Å².